The molecule has 0 unspecified atom stereocenters. The molecule has 0 aliphatic rings. The lowest BCUT2D eigenvalue weighted by Gasteiger charge is -2.09. The van der Waals surface area contributed by atoms with Crippen LogP contribution >= 0.6 is 0 Å². The van der Waals surface area contributed by atoms with Gasteiger partial charge in [0.15, 0.2) is 5.65 Å². The average molecular weight is 322 g/mol. The van der Waals surface area contributed by atoms with Gasteiger partial charge in [-0.1, -0.05) is 13.8 Å². The van der Waals surface area contributed by atoms with Crippen molar-refractivity contribution in [3.63, 3.8) is 0 Å². The Morgan fingerprint density at radius 1 is 1.09 bits per heavy atom. The Labute approximate surface area is 129 Å². The van der Waals surface area contributed by atoms with E-state index in [1.165, 1.54) is 24.3 Å². The molecule has 0 spiro atoms. The van der Waals surface area contributed by atoms with E-state index in [2.05, 4.69) is 19.9 Å². The molecule has 0 aliphatic carbocycles. The van der Waals surface area contributed by atoms with Gasteiger partial charge in [-0.25, -0.2) is 0 Å². The van der Waals surface area contributed by atoms with Gasteiger partial charge in [0.05, 0.1) is 11.9 Å². The molecule has 0 atom stereocenters. The van der Waals surface area contributed by atoms with Crippen molar-refractivity contribution in [1.29, 1.82) is 0 Å². The minimum Gasteiger partial charge on any atom is -0.406 e. The molecule has 8 heteroatoms. The van der Waals surface area contributed by atoms with E-state index in [-0.39, 0.29) is 11.7 Å². The molecule has 0 saturated heterocycles. The molecule has 0 amide bonds. The number of fused-ring (bicyclic) bond motifs is 1. The normalized spacial score (nSPS) is 12.1. The summed E-state index contributed by atoms with van der Waals surface area (Å²) in [6.07, 6.45) is -1.36. The lowest BCUT2D eigenvalue weighted by molar-refractivity contribution is -0.274. The van der Waals surface area contributed by atoms with Crippen molar-refractivity contribution in [1.82, 2.24) is 19.6 Å². The van der Waals surface area contributed by atoms with Gasteiger partial charge in [-0.15, -0.1) is 23.4 Å². The van der Waals surface area contributed by atoms with E-state index in [1.54, 1.807) is 12.4 Å². The Balaban J connectivity index is 1.95. The van der Waals surface area contributed by atoms with Crippen molar-refractivity contribution < 1.29 is 17.9 Å². The van der Waals surface area contributed by atoms with Crippen LogP contribution in [0, 0.1) is 0 Å². The van der Waals surface area contributed by atoms with E-state index >= 15 is 0 Å². The lowest BCUT2D eigenvalue weighted by Crippen LogP contribution is -2.16. The van der Waals surface area contributed by atoms with Crippen LogP contribution in [0.3, 0.4) is 0 Å². The van der Waals surface area contributed by atoms with Gasteiger partial charge in [-0.2, -0.15) is 0 Å². The maximum absolute atomic E-state index is 12.2. The van der Waals surface area contributed by atoms with Crippen LogP contribution in [0.25, 0.3) is 16.9 Å². The fourth-order valence-corrected chi connectivity index (χ4v) is 2.19. The third kappa shape index (κ3) is 3.25. The fraction of sp³-hybridized carbons (Fsp3) is 0.267. The minimum absolute atomic E-state index is 0.183. The summed E-state index contributed by atoms with van der Waals surface area (Å²) in [6.45, 7) is 4.00. The summed E-state index contributed by atoms with van der Waals surface area (Å²) in [5.74, 6) is 0.706. The number of nitrogens with zero attached hydrogens (tertiary/aromatic N) is 4. The standard InChI is InChI=1S/C15H13F3N4O/c1-9(2)14-21-20-13-7-19-12(8-22(13)14)10-3-5-11(6-4-10)23-15(16,17)18/h3-9H,1-2H3. The molecule has 0 radical (unpaired) electrons. The molecular weight excluding hydrogens is 309 g/mol. The van der Waals surface area contributed by atoms with Crippen molar-refractivity contribution in [2.75, 3.05) is 0 Å². The number of hydrogen-bond donors (Lipinski definition) is 0. The highest BCUT2D eigenvalue weighted by molar-refractivity contribution is 5.60. The van der Waals surface area contributed by atoms with Crippen LogP contribution in [0.4, 0.5) is 13.2 Å². The van der Waals surface area contributed by atoms with Crippen LogP contribution < -0.4 is 4.74 Å². The van der Waals surface area contributed by atoms with E-state index in [0.717, 1.165) is 5.82 Å². The predicted molar refractivity (Wildman–Crippen MR) is 77.0 cm³/mol. The second kappa shape index (κ2) is 5.53. The van der Waals surface area contributed by atoms with Crippen LogP contribution in [0.5, 0.6) is 5.75 Å². The third-order valence-corrected chi connectivity index (χ3v) is 3.22. The second-order valence-corrected chi connectivity index (χ2v) is 5.29. The lowest BCUT2D eigenvalue weighted by atomic mass is 10.1. The minimum atomic E-state index is -4.70. The molecule has 5 nitrogen and oxygen atoms in total. The van der Waals surface area contributed by atoms with E-state index in [1.807, 2.05) is 18.2 Å². The molecule has 2 heterocycles. The first-order valence-electron chi connectivity index (χ1n) is 6.90. The molecule has 0 saturated carbocycles. The topological polar surface area (TPSA) is 52.3 Å². The van der Waals surface area contributed by atoms with E-state index < -0.39 is 6.36 Å². The van der Waals surface area contributed by atoms with Gasteiger partial charge in [0.1, 0.15) is 11.6 Å². The Bertz CT molecular complexity index is 825. The fourth-order valence-electron chi connectivity index (χ4n) is 2.19. The van der Waals surface area contributed by atoms with E-state index in [4.69, 9.17) is 0 Å². The largest absolute Gasteiger partial charge is 0.573 e. The van der Waals surface area contributed by atoms with Crippen LogP contribution in [0.2, 0.25) is 0 Å². The molecule has 2 aromatic heterocycles. The number of hydrogen-bond acceptors (Lipinski definition) is 4. The Kier molecular flexibility index (Phi) is 3.67. The molecule has 0 bridgehead atoms. The molecule has 0 aliphatic heterocycles. The summed E-state index contributed by atoms with van der Waals surface area (Å²) in [5, 5.41) is 8.15. The number of ether oxygens (including phenoxy) is 1. The highest BCUT2D eigenvalue weighted by Crippen LogP contribution is 2.26. The van der Waals surface area contributed by atoms with Crippen LogP contribution in [0.1, 0.15) is 25.6 Å². The monoisotopic (exact) mass is 322 g/mol. The van der Waals surface area contributed by atoms with Gasteiger partial charge in [0.25, 0.3) is 0 Å². The molecule has 23 heavy (non-hydrogen) atoms. The molecule has 3 rings (SSSR count). The molecule has 0 fully saturated rings. The Hall–Kier alpha value is -2.64. The predicted octanol–water partition coefficient (Wildman–Crippen LogP) is 3.81. The zero-order chi connectivity index (χ0) is 16.6. The van der Waals surface area contributed by atoms with Crippen LogP contribution in [-0.4, -0.2) is 25.9 Å². The summed E-state index contributed by atoms with van der Waals surface area (Å²) >= 11 is 0. The Morgan fingerprint density at radius 3 is 2.39 bits per heavy atom. The Morgan fingerprint density at radius 2 is 1.78 bits per heavy atom. The zero-order valence-corrected chi connectivity index (χ0v) is 12.4. The molecule has 0 N–H and O–H groups in total. The van der Waals surface area contributed by atoms with Gasteiger partial charge in [0, 0.05) is 17.7 Å². The maximum atomic E-state index is 12.2. The van der Waals surface area contributed by atoms with Gasteiger partial charge < -0.3 is 4.74 Å². The second-order valence-electron chi connectivity index (χ2n) is 5.29. The molecular formula is C15H13F3N4O. The summed E-state index contributed by atoms with van der Waals surface area (Å²) in [4.78, 5) is 4.27. The van der Waals surface area contributed by atoms with Gasteiger partial charge >= 0.3 is 6.36 Å². The van der Waals surface area contributed by atoms with Gasteiger partial charge in [-0.05, 0) is 24.3 Å². The van der Waals surface area contributed by atoms with Crippen molar-refractivity contribution in [3.8, 4) is 17.0 Å². The maximum Gasteiger partial charge on any atom is 0.573 e. The van der Waals surface area contributed by atoms with Crippen molar-refractivity contribution in [2.24, 2.45) is 0 Å². The van der Waals surface area contributed by atoms with Gasteiger partial charge in [0.2, 0.25) is 0 Å². The summed E-state index contributed by atoms with van der Waals surface area (Å²) in [5.41, 5.74) is 1.90. The number of benzene rings is 1. The summed E-state index contributed by atoms with van der Waals surface area (Å²) in [6, 6.07) is 5.55. The van der Waals surface area contributed by atoms with Crippen LogP contribution in [-0.2, 0) is 0 Å². The van der Waals surface area contributed by atoms with Crippen molar-refractivity contribution >= 4 is 5.65 Å². The average Bonchev–Trinajstić information content (AvgIpc) is 2.89. The molecule has 3 aromatic rings. The number of halogens is 3. The zero-order valence-electron chi connectivity index (χ0n) is 12.4. The van der Waals surface area contributed by atoms with Crippen LogP contribution in [0.15, 0.2) is 36.7 Å². The SMILES string of the molecule is CC(C)c1nnc2cnc(-c3ccc(OC(F)(F)F)cc3)cn12. The van der Waals surface area contributed by atoms with E-state index in [0.29, 0.717) is 16.9 Å². The summed E-state index contributed by atoms with van der Waals surface area (Å²) in [7, 11) is 0. The third-order valence-electron chi connectivity index (χ3n) is 3.22. The molecule has 1 aromatic carbocycles. The number of rotatable bonds is 3. The van der Waals surface area contributed by atoms with Crippen molar-refractivity contribution in [3.05, 3.63) is 42.5 Å². The van der Waals surface area contributed by atoms with Crippen molar-refractivity contribution in [2.45, 2.75) is 26.1 Å². The highest BCUT2D eigenvalue weighted by Gasteiger charge is 2.30. The smallest absolute Gasteiger partial charge is 0.406 e. The summed E-state index contributed by atoms with van der Waals surface area (Å²) < 4.78 is 42.2. The first kappa shape index (κ1) is 15.3. The first-order chi connectivity index (χ1) is 10.8. The van der Waals surface area contributed by atoms with Gasteiger partial charge in [-0.3, -0.25) is 9.38 Å². The first-order valence-corrected chi connectivity index (χ1v) is 6.90. The highest BCUT2D eigenvalue weighted by atomic mass is 19.4. The quantitative estimate of drug-likeness (QED) is 0.736. The molecule has 120 valence electrons. The number of alkyl halides is 3. The number of aromatic nitrogens is 4. The van der Waals surface area contributed by atoms with E-state index in [9.17, 15) is 13.2 Å².